The lowest BCUT2D eigenvalue weighted by molar-refractivity contribution is -0.116. The van der Waals surface area contributed by atoms with Gasteiger partial charge in [0, 0.05) is 11.8 Å². The van der Waals surface area contributed by atoms with Crippen LogP contribution < -0.4 is 10.6 Å². The van der Waals surface area contributed by atoms with Gasteiger partial charge in [0.1, 0.15) is 6.17 Å². The van der Waals surface area contributed by atoms with E-state index in [9.17, 15) is 4.79 Å². The monoisotopic (exact) mass is 472 g/mol. The summed E-state index contributed by atoms with van der Waals surface area (Å²) in [6, 6.07) is 25.9. The molecule has 1 amide bonds. The molecular formula is C23H19Cl3N4O. The van der Waals surface area contributed by atoms with Crippen molar-refractivity contribution in [3.63, 3.8) is 0 Å². The maximum atomic E-state index is 12.3. The molecule has 0 unspecified atom stereocenters. The van der Waals surface area contributed by atoms with E-state index in [4.69, 9.17) is 34.8 Å². The summed E-state index contributed by atoms with van der Waals surface area (Å²) in [5.74, 6) is -0.402. The van der Waals surface area contributed by atoms with Crippen molar-refractivity contribution >= 4 is 63.8 Å². The number of azo groups is 1. The first kappa shape index (κ1) is 22.8. The molecule has 5 nitrogen and oxygen atoms in total. The number of nitrogens with zero attached hydrogens (tertiary/aromatic N) is 2. The van der Waals surface area contributed by atoms with Crippen LogP contribution in [0.25, 0.3) is 6.08 Å². The fraction of sp³-hybridized carbons (Fsp3) is 0.0870. The molecule has 0 radical (unpaired) electrons. The number of nitrogens with one attached hydrogen (secondary N) is 2. The Morgan fingerprint density at radius 1 is 0.806 bits per heavy atom. The zero-order chi connectivity index (χ0) is 22.1. The van der Waals surface area contributed by atoms with Crippen molar-refractivity contribution < 1.29 is 4.79 Å². The number of rotatable bonds is 7. The number of carbonyl (C=O) groups excluding carboxylic acids is 1. The number of alkyl halides is 3. The molecule has 0 fully saturated rings. The van der Waals surface area contributed by atoms with Crippen molar-refractivity contribution in [1.82, 2.24) is 5.32 Å². The van der Waals surface area contributed by atoms with Gasteiger partial charge in [-0.2, -0.15) is 10.2 Å². The standard InChI is InChI=1S/C23H19Cl3N4O/c24-23(25,26)22(28-21(31)16-11-17-7-3-1-4-8-17)27-18-12-14-20(15-13-18)30-29-19-9-5-2-6-10-19/h1-16,22,27H,(H,28,31)/b16-11+,30-29?/t22-/m1/s1. The second-order valence-electron chi connectivity index (χ2n) is 6.45. The molecule has 3 aromatic rings. The van der Waals surface area contributed by atoms with Crippen molar-refractivity contribution in [3.05, 3.63) is 96.6 Å². The predicted octanol–water partition coefficient (Wildman–Crippen LogP) is 7.04. The summed E-state index contributed by atoms with van der Waals surface area (Å²) in [4.78, 5) is 12.3. The smallest absolute Gasteiger partial charge is 0.245 e. The lowest BCUT2D eigenvalue weighted by atomic mass is 10.2. The summed E-state index contributed by atoms with van der Waals surface area (Å²) in [5, 5.41) is 14.0. The van der Waals surface area contributed by atoms with Crippen LogP contribution in [0, 0.1) is 0 Å². The third-order valence-electron chi connectivity index (χ3n) is 4.06. The Hall–Kier alpha value is -2.86. The fourth-order valence-electron chi connectivity index (χ4n) is 2.53. The van der Waals surface area contributed by atoms with Crippen molar-refractivity contribution in [2.75, 3.05) is 5.32 Å². The van der Waals surface area contributed by atoms with Crippen molar-refractivity contribution in [1.29, 1.82) is 0 Å². The van der Waals surface area contributed by atoms with Gasteiger partial charge in [0.2, 0.25) is 9.70 Å². The van der Waals surface area contributed by atoms with Gasteiger partial charge in [-0.3, -0.25) is 4.79 Å². The molecule has 3 aromatic carbocycles. The number of amides is 1. The quantitative estimate of drug-likeness (QED) is 0.167. The van der Waals surface area contributed by atoms with Gasteiger partial charge >= 0.3 is 0 Å². The van der Waals surface area contributed by atoms with Crippen LogP contribution in [0.1, 0.15) is 5.56 Å². The second-order valence-corrected chi connectivity index (χ2v) is 8.82. The van der Waals surface area contributed by atoms with Crippen LogP contribution in [0.4, 0.5) is 17.1 Å². The minimum atomic E-state index is -1.78. The number of halogens is 3. The molecule has 3 rings (SSSR count). The summed E-state index contributed by atoms with van der Waals surface area (Å²) >= 11 is 18.2. The molecular weight excluding hydrogens is 455 g/mol. The van der Waals surface area contributed by atoms with E-state index in [0.717, 1.165) is 11.3 Å². The number of hydrogen-bond donors (Lipinski definition) is 2. The summed E-state index contributed by atoms with van der Waals surface area (Å²) in [6.45, 7) is 0. The van der Waals surface area contributed by atoms with E-state index in [1.54, 1.807) is 30.3 Å². The van der Waals surface area contributed by atoms with Gasteiger partial charge in [0.05, 0.1) is 11.4 Å². The molecule has 1 atom stereocenters. The van der Waals surface area contributed by atoms with Crippen molar-refractivity contribution in [3.8, 4) is 0 Å². The van der Waals surface area contributed by atoms with Gasteiger partial charge in [-0.1, -0.05) is 83.3 Å². The Morgan fingerprint density at radius 2 is 1.35 bits per heavy atom. The van der Waals surface area contributed by atoms with Gasteiger partial charge in [-0.15, -0.1) is 0 Å². The summed E-state index contributed by atoms with van der Waals surface area (Å²) in [7, 11) is 0. The predicted molar refractivity (Wildman–Crippen MR) is 128 cm³/mol. The summed E-state index contributed by atoms with van der Waals surface area (Å²) in [6.07, 6.45) is 2.10. The fourth-order valence-corrected chi connectivity index (χ4v) is 2.85. The van der Waals surface area contributed by atoms with Crippen LogP contribution in [-0.4, -0.2) is 15.9 Å². The molecule has 8 heteroatoms. The maximum Gasteiger partial charge on any atom is 0.245 e. The topological polar surface area (TPSA) is 65.8 Å². The normalized spacial score (nSPS) is 12.7. The summed E-state index contributed by atoms with van der Waals surface area (Å²) in [5.41, 5.74) is 2.94. The average Bonchev–Trinajstić information content (AvgIpc) is 2.77. The van der Waals surface area contributed by atoms with Gasteiger partial charge in [0.25, 0.3) is 0 Å². The Labute approximate surface area is 195 Å². The Bertz CT molecular complexity index is 1030. The maximum absolute atomic E-state index is 12.3. The van der Waals surface area contributed by atoms with Gasteiger partial charge in [-0.05, 0) is 48.0 Å². The van der Waals surface area contributed by atoms with E-state index in [1.165, 1.54) is 6.08 Å². The molecule has 0 saturated carbocycles. The van der Waals surface area contributed by atoms with E-state index in [1.807, 2.05) is 60.7 Å². The van der Waals surface area contributed by atoms with Crippen LogP contribution in [0.2, 0.25) is 0 Å². The molecule has 0 spiro atoms. The summed E-state index contributed by atoms with van der Waals surface area (Å²) < 4.78 is -1.78. The first-order chi connectivity index (χ1) is 14.9. The highest BCUT2D eigenvalue weighted by atomic mass is 35.6. The molecule has 0 heterocycles. The van der Waals surface area contributed by atoms with E-state index in [-0.39, 0.29) is 0 Å². The SMILES string of the molecule is O=C(/C=C/c1ccccc1)N[C@@H](Nc1ccc(N=Nc2ccccc2)cc1)C(Cl)(Cl)Cl. The van der Waals surface area contributed by atoms with E-state index >= 15 is 0 Å². The van der Waals surface area contributed by atoms with Crippen LogP contribution >= 0.6 is 34.8 Å². The third-order valence-corrected chi connectivity index (χ3v) is 4.71. The third kappa shape index (κ3) is 7.72. The van der Waals surface area contributed by atoms with Crippen LogP contribution in [0.3, 0.4) is 0 Å². The van der Waals surface area contributed by atoms with E-state index in [0.29, 0.717) is 11.4 Å². The highest BCUT2D eigenvalue weighted by Crippen LogP contribution is 2.31. The minimum Gasteiger partial charge on any atom is -0.362 e. The molecule has 0 aliphatic heterocycles. The van der Waals surface area contributed by atoms with Crippen LogP contribution in [0.15, 0.2) is 101 Å². The molecule has 0 saturated heterocycles. The molecule has 31 heavy (non-hydrogen) atoms. The Kier molecular flexibility index (Phi) is 8.06. The van der Waals surface area contributed by atoms with Crippen LogP contribution in [-0.2, 0) is 4.79 Å². The van der Waals surface area contributed by atoms with E-state index in [2.05, 4.69) is 20.9 Å². The Balaban J connectivity index is 1.63. The molecule has 0 bridgehead atoms. The van der Waals surface area contributed by atoms with E-state index < -0.39 is 15.9 Å². The van der Waals surface area contributed by atoms with Gasteiger partial charge < -0.3 is 10.6 Å². The second kappa shape index (κ2) is 11.0. The molecule has 158 valence electrons. The average molecular weight is 474 g/mol. The Morgan fingerprint density at radius 3 is 1.94 bits per heavy atom. The van der Waals surface area contributed by atoms with Gasteiger partial charge in [0.15, 0.2) is 0 Å². The number of anilines is 1. The molecule has 0 aliphatic rings. The van der Waals surface area contributed by atoms with Gasteiger partial charge in [-0.25, -0.2) is 0 Å². The highest BCUT2D eigenvalue weighted by Gasteiger charge is 2.33. The molecule has 0 aliphatic carbocycles. The number of benzene rings is 3. The first-order valence-electron chi connectivity index (χ1n) is 9.34. The zero-order valence-electron chi connectivity index (χ0n) is 16.3. The van der Waals surface area contributed by atoms with Crippen molar-refractivity contribution in [2.45, 2.75) is 9.96 Å². The lowest BCUT2D eigenvalue weighted by Crippen LogP contribution is -2.48. The minimum absolute atomic E-state index is 0.402. The van der Waals surface area contributed by atoms with Crippen LogP contribution in [0.5, 0.6) is 0 Å². The number of hydrogen-bond acceptors (Lipinski definition) is 4. The largest absolute Gasteiger partial charge is 0.362 e. The molecule has 2 N–H and O–H groups in total. The zero-order valence-corrected chi connectivity index (χ0v) is 18.5. The number of carbonyl (C=O) groups is 1. The van der Waals surface area contributed by atoms with Crippen molar-refractivity contribution in [2.24, 2.45) is 10.2 Å². The first-order valence-corrected chi connectivity index (χ1v) is 10.5. The lowest BCUT2D eigenvalue weighted by Gasteiger charge is -2.27. The molecule has 0 aromatic heterocycles. The highest BCUT2D eigenvalue weighted by molar-refractivity contribution is 6.68.